The van der Waals surface area contributed by atoms with Crippen LogP contribution < -0.4 is 0 Å². The van der Waals surface area contributed by atoms with Crippen molar-refractivity contribution in [2.24, 2.45) is 5.92 Å². The second-order valence-corrected chi connectivity index (χ2v) is 13.8. The molecule has 44 heavy (non-hydrogen) atoms. The van der Waals surface area contributed by atoms with Crippen LogP contribution in [0, 0.1) is 5.92 Å². The molecule has 0 rings (SSSR count). The van der Waals surface area contributed by atoms with Crippen LogP contribution in [0.4, 0.5) is 0 Å². The molecule has 5 heteroatoms. The molecule has 262 valence electrons. The molecule has 0 fully saturated rings. The molecule has 0 amide bonds. The molecule has 0 bridgehead atoms. The van der Waals surface area contributed by atoms with Crippen molar-refractivity contribution in [1.29, 1.82) is 0 Å². The number of carbonyl (C=O) groups excluding carboxylic acids is 2. The summed E-state index contributed by atoms with van der Waals surface area (Å²) < 4.78 is 11.5. The Morgan fingerprint density at radius 2 is 0.932 bits per heavy atom. The van der Waals surface area contributed by atoms with E-state index in [9.17, 15) is 9.59 Å². The largest absolute Gasteiger partial charge is 0.466 e. The van der Waals surface area contributed by atoms with Crippen LogP contribution in [0.5, 0.6) is 0 Å². The standard InChI is InChI=1S/C39H77NO4/c1-6-9-12-15-18-20-27-36(28-21-19-16-13-10-7-2)29-25-32-38(41)43-35-24-23-31-37(30-22-17-14-11-8-3)44-39(42)33-26-34-40(4)5/h36-37H,6-35H2,1-5H3. The lowest BCUT2D eigenvalue weighted by atomic mass is 9.90. The van der Waals surface area contributed by atoms with E-state index in [1.807, 2.05) is 14.1 Å². The van der Waals surface area contributed by atoms with Crippen LogP contribution >= 0.6 is 0 Å². The minimum Gasteiger partial charge on any atom is -0.466 e. The summed E-state index contributed by atoms with van der Waals surface area (Å²) in [5, 5.41) is 0. The topological polar surface area (TPSA) is 55.8 Å². The van der Waals surface area contributed by atoms with E-state index in [2.05, 4.69) is 25.7 Å². The lowest BCUT2D eigenvalue weighted by Crippen LogP contribution is -2.20. The first kappa shape index (κ1) is 42.9. The second kappa shape index (κ2) is 33.3. The predicted octanol–water partition coefficient (Wildman–Crippen LogP) is 11.6. The van der Waals surface area contributed by atoms with E-state index in [0.717, 1.165) is 57.4 Å². The lowest BCUT2D eigenvalue weighted by molar-refractivity contribution is -0.150. The van der Waals surface area contributed by atoms with Crippen molar-refractivity contribution in [1.82, 2.24) is 4.90 Å². The van der Waals surface area contributed by atoms with E-state index >= 15 is 0 Å². The molecule has 0 aliphatic carbocycles. The van der Waals surface area contributed by atoms with Crippen molar-refractivity contribution in [3.05, 3.63) is 0 Å². The smallest absolute Gasteiger partial charge is 0.306 e. The third kappa shape index (κ3) is 30.9. The molecule has 0 saturated heterocycles. The first-order valence-corrected chi connectivity index (χ1v) is 19.4. The monoisotopic (exact) mass is 624 g/mol. The fraction of sp³-hybridized carbons (Fsp3) is 0.949. The van der Waals surface area contributed by atoms with Gasteiger partial charge < -0.3 is 14.4 Å². The Bertz CT molecular complexity index is 607. The molecule has 1 unspecified atom stereocenters. The van der Waals surface area contributed by atoms with E-state index in [1.54, 1.807) is 0 Å². The number of rotatable bonds is 34. The minimum absolute atomic E-state index is 0.00518. The SMILES string of the molecule is CCCCCCCCC(CCCCCCCC)CCCC(=O)OCCCCC(CCCCCCC)OC(=O)CCCN(C)C. The molecular weight excluding hydrogens is 546 g/mol. The van der Waals surface area contributed by atoms with E-state index in [1.165, 1.54) is 122 Å². The summed E-state index contributed by atoms with van der Waals surface area (Å²) >= 11 is 0. The average molecular weight is 624 g/mol. The maximum absolute atomic E-state index is 12.5. The third-order valence-corrected chi connectivity index (χ3v) is 9.02. The van der Waals surface area contributed by atoms with Crippen LogP contribution in [0.25, 0.3) is 0 Å². The predicted molar refractivity (Wildman–Crippen MR) is 189 cm³/mol. The number of unbranched alkanes of at least 4 members (excludes halogenated alkanes) is 15. The summed E-state index contributed by atoms with van der Waals surface area (Å²) in [6, 6.07) is 0. The van der Waals surface area contributed by atoms with Crippen molar-refractivity contribution in [2.45, 2.75) is 207 Å². The van der Waals surface area contributed by atoms with Gasteiger partial charge in [-0.25, -0.2) is 0 Å². The Morgan fingerprint density at radius 1 is 0.500 bits per heavy atom. The van der Waals surface area contributed by atoms with Gasteiger partial charge in [-0.15, -0.1) is 0 Å². The zero-order valence-corrected chi connectivity index (χ0v) is 30.4. The van der Waals surface area contributed by atoms with Crippen molar-refractivity contribution >= 4 is 11.9 Å². The number of carbonyl (C=O) groups is 2. The number of hydrogen-bond donors (Lipinski definition) is 0. The van der Waals surface area contributed by atoms with Gasteiger partial charge >= 0.3 is 11.9 Å². The third-order valence-electron chi connectivity index (χ3n) is 9.02. The Labute approximate surface area is 275 Å². The number of esters is 2. The van der Waals surface area contributed by atoms with Crippen LogP contribution in [0.1, 0.15) is 201 Å². The van der Waals surface area contributed by atoms with Crippen molar-refractivity contribution in [3.8, 4) is 0 Å². The fourth-order valence-corrected chi connectivity index (χ4v) is 6.15. The molecule has 0 heterocycles. The normalized spacial score (nSPS) is 12.2. The highest BCUT2D eigenvalue weighted by atomic mass is 16.5. The molecule has 5 nitrogen and oxygen atoms in total. The quantitative estimate of drug-likeness (QED) is 0.0527. The molecular formula is C39H77NO4. The number of ether oxygens (including phenoxy) is 2. The molecule has 0 aliphatic heterocycles. The van der Waals surface area contributed by atoms with Gasteiger partial charge in [-0.05, 0) is 77.9 Å². The maximum Gasteiger partial charge on any atom is 0.306 e. The van der Waals surface area contributed by atoms with Crippen LogP contribution in [0.15, 0.2) is 0 Å². The summed E-state index contributed by atoms with van der Waals surface area (Å²) in [6.07, 6.45) is 32.6. The van der Waals surface area contributed by atoms with Crippen LogP contribution in [-0.4, -0.2) is 50.2 Å². The molecule has 0 spiro atoms. The molecule has 0 saturated carbocycles. The zero-order chi connectivity index (χ0) is 32.5. The molecule has 0 aromatic rings. The first-order chi connectivity index (χ1) is 21.4. The molecule has 1 atom stereocenters. The first-order valence-electron chi connectivity index (χ1n) is 19.4. The molecule has 0 aromatic carbocycles. The number of nitrogens with zero attached hydrogens (tertiary/aromatic N) is 1. The van der Waals surface area contributed by atoms with E-state index in [4.69, 9.17) is 9.47 Å². The molecule has 0 aliphatic rings. The summed E-state index contributed by atoms with van der Waals surface area (Å²) in [6.45, 7) is 8.18. The Morgan fingerprint density at radius 3 is 1.45 bits per heavy atom. The molecule has 0 aromatic heterocycles. The number of hydrogen-bond acceptors (Lipinski definition) is 5. The van der Waals surface area contributed by atoms with Gasteiger partial charge in [0.05, 0.1) is 6.61 Å². The van der Waals surface area contributed by atoms with Gasteiger partial charge in [-0.3, -0.25) is 9.59 Å². The Balaban J connectivity index is 4.33. The van der Waals surface area contributed by atoms with E-state index < -0.39 is 0 Å². The van der Waals surface area contributed by atoms with Crippen LogP contribution in [0.3, 0.4) is 0 Å². The Hall–Kier alpha value is -1.10. The second-order valence-electron chi connectivity index (χ2n) is 13.8. The highest BCUT2D eigenvalue weighted by Crippen LogP contribution is 2.24. The minimum atomic E-state index is -0.0665. The van der Waals surface area contributed by atoms with Gasteiger partial charge in [0.1, 0.15) is 6.10 Å². The zero-order valence-electron chi connectivity index (χ0n) is 30.4. The van der Waals surface area contributed by atoms with Crippen molar-refractivity contribution < 1.29 is 19.1 Å². The van der Waals surface area contributed by atoms with E-state index in [-0.39, 0.29) is 18.0 Å². The summed E-state index contributed by atoms with van der Waals surface area (Å²) in [7, 11) is 4.06. The van der Waals surface area contributed by atoms with Crippen LogP contribution in [0.2, 0.25) is 0 Å². The van der Waals surface area contributed by atoms with Crippen molar-refractivity contribution in [3.63, 3.8) is 0 Å². The van der Waals surface area contributed by atoms with Crippen LogP contribution in [-0.2, 0) is 19.1 Å². The van der Waals surface area contributed by atoms with Gasteiger partial charge in [0.2, 0.25) is 0 Å². The van der Waals surface area contributed by atoms with Gasteiger partial charge in [0.15, 0.2) is 0 Å². The Kier molecular flexibility index (Phi) is 32.4. The average Bonchev–Trinajstić information content (AvgIpc) is 2.99. The highest BCUT2D eigenvalue weighted by molar-refractivity contribution is 5.69. The summed E-state index contributed by atoms with van der Waals surface area (Å²) in [4.78, 5) is 27.0. The maximum atomic E-state index is 12.5. The van der Waals surface area contributed by atoms with E-state index in [0.29, 0.717) is 19.4 Å². The summed E-state index contributed by atoms with van der Waals surface area (Å²) in [5.74, 6) is 0.662. The molecule has 0 N–H and O–H groups in total. The lowest BCUT2D eigenvalue weighted by Gasteiger charge is -2.18. The van der Waals surface area contributed by atoms with Gasteiger partial charge in [-0.2, -0.15) is 0 Å². The van der Waals surface area contributed by atoms with Gasteiger partial charge in [-0.1, -0.05) is 136 Å². The molecule has 0 radical (unpaired) electrons. The fourth-order valence-electron chi connectivity index (χ4n) is 6.15. The van der Waals surface area contributed by atoms with Crippen molar-refractivity contribution in [2.75, 3.05) is 27.2 Å². The van der Waals surface area contributed by atoms with Gasteiger partial charge in [0, 0.05) is 12.8 Å². The summed E-state index contributed by atoms with van der Waals surface area (Å²) in [5.41, 5.74) is 0. The van der Waals surface area contributed by atoms with Gasteiger partial charge in [0.25, 0.3) is 0 Å². The highest BCUT2D eigenvalue weighted by Gasteiger charge is 2.15.